The standard InChI is InChI=1S/C19H23FN6O2/c1-18(2)16(28)26(5)17(21)24-19(18,3)12-10-11(6-7-13(12)20)23-15(27)14-22-8-9-25(14)4/h6-10H,1-5H3,(H2,21,24)(H,23,27). The first kappa shape index (κ1) is 19.5. The van der Waals surface area contributed by atoms with Gasteiger partial charge in [0.2, 0.25) is 5.91 Å². The molecule has 8 nitrogen and oxygen atoms in total. The number of halogens is 1. The number of rotatable bonds is 3. The van der Waals surface area contributed by atoms with Crippen molar-refractivity contribution in [1.82, 2.24) is 14.5 Å². The van der Waals surface area contributed by atoms with Crippen molar-refractivity contribution in [1.29, 1.82) is 0 Å². The summed E-state index contributed by atoms with van der Waals surface area (Å²) in [6.45, 7) is 5.05. The first-order valence-electron chi connectivity index (χ1n) is 8.71. The van der Waals surface area contributed by atoms with Crippen LogP contribution in [0.3, 0.4) is 0 Å². The molecule has 1 aromatic heterocycles. The average molecular weight is 386 g/mol. The van der Waals surface area contributed by atoms with Gasteiger partial charge in [-0.1, -0.05) is 0 Å². The van der Waals surface area contributed by atoms with E-state index in [1.807, 2.05) is 0 Å². The minimum absolute atomic E-state index is 0.00803. The summed E-state index contributed by atoms with van der Waals surface area (Å²) in [5, 5.41) is 2.70. The van der Waals surface area contributed by atoms with E-state index in [0.29, 0.717) is 5.69 Å². The fourth-order valence-corrected chi connectivity index (χ4v) is 3.32. The van der Waals surface area contributed by atoms with E-state index in [-0.39, 0.29) is 23.3 Å². The van der Waals surface area contributed by atoms with Crippen molar-refractivity contribution < 1.29 is 14.0 Å². The van der Waals surface area contributed by atoms with E-state index < -0.39 is 22.7 Å². The highest BCUT2D eigenvalue weighted by molar-refractivity contribution is 6.03. The average Bonchev–Trinajstić information content (AvgIpc) is 3.06. The van der Waals surface area contributed by atoms with E-state index in [2.05, 4.69) is 15.3 Å². The molecule has 9 heteroatoms. The summed E-state index contributed by atoms with van der Waals surface area (Å²) in [4.78, 5) is 34.9. The van der Waals surface area contributed by atoms with Gasteiger partial charge in [-0.25, -0.2) is 14.4 Å². The summed E-state index contributed by atoms with van der Waals surface area (Å²) >= 11 is 0. The second kappa shape index (κ2) is 6.43. The third-order valence-corrected chi connectivity index (χ3v) is 5.51. The van der Waals surface area contributed by atoms with Crippen LogP contribution in [0, 0.1) is 11.2 Å². The molecule has 0 aliphatic carbocycles. The number of nitrogens with two attached hydrogens (primary N) is 1. The molecule has 2 aromatic rings. The molecule has 148 valence electrons. The van der Waals surface area contributed by atoms with E-state index in [9.17, 15) is 14.0 Å². The zero-order chi connectivity index (χ0) is 20.9. The van der Waals surface area contributed by atoms with E-state index >= 15 is 0 Å². The number of aryl methyl sites for hydroxylation is 1. The largest absolute Gasteiger partial charge is 0.369 e. The van der Waals surface area contributed by atoms with Crippen molar-refractivity contribution in [2.75, 3.05) is 12.4 Å². The minimum Gasteiger partial charge on any atom is -0.369 e. The summed E-state index contributed by atoms with van der Waals surface area (Å²) in [5.41, 5.74) is 4.12. The van der Waals surface area contributed by atoms with Gasteiger partial charge in [-0.3, -0.25) is 14.5 Å². The zero-order valence-electron chi connectivity index (χ0n) is 16.4. The van der Waals surface area contributed by atoms with Gasteiger partial charge in [-0.05, 0) is 39.0 Å². The highest BCUT2D eigenvalue weighted by Crippen LogP contribution is 2.47. The Morgan fingerprint density at radius 2 is 1.93 bits per heavy atom. The van der Waals surface area contributed by atoms with Crippen LogP contribution in [0.15, 0.2) is 35.6 Å². The van der Waals surface area contributed by atoms with Crippen LogP contribution < -0.4 is 11.1 Å². The Hall–Kier alpha value is -3.23. The van der Waals surface area contributed by atoms with Crippen molar-refractivity contribution in [3.05, 3.63) is 47.8 Å². The molecule has 0 fully saturated rings. The minimum atomic E-state index is -1.26. The van der Waals surface area contributed by atoms with Crippen LogP contribution in [0.2, 0.25) is 0 Å². The molecule has 1 aromatic carbocycles. The van der Waals surface area contributed by atoms with Crippen molar-refractivity contribution in [3.63, 3.8) is 0 Å². The van der Waals surface area contributed by atoms with Gasteiger partial charge in [-0.2, -0.15) is 0 Å². The molecule has 0 saturated carbocycles. The molecular weight excluding hydrogens is 363 g/mol. The van der Waals surface area contributed by atoms with Gasteiger partial charge in [0.15, 0.2) is 11.8 Å². The SMILES string of the molecule is CN1C(=O)C(C)(C)C(C)(c2cc(NC(=O)c3nccn3C)ccc2F)N=C1N. The number of carbonyl (C=O) groups is 2. The highest BCUT2D eigenvalue weighted by atomic mass is 19.1. The number of aliphatic imine (C=N–C) groups is 1. The molecule has 2 heterocycles. The number of hydrogen-bond acceptors (Lipinski definition) is 5. The molecule has 0 bridgehead atoms. The Bertz CT molecular complexity index is 996. The fourth-order valence-electron chi connectivity index (χ4n) is 3.32. The first-order valence-corrected chi connectivity index (χ1v) is 8.71. The van der Waals surface area contributed by atoms with Gasteiger partial charge in [0.05, 0.1) is 5.41 Å². The molecule has 2 amide bonds. The zero-order valence-corrected chi connectivity index (χ0v) is 16.4. The molecule has 0 radical (unpaired) electrons. The monoisotopic (exact) mass is 386 g/mol. The molecular formula is C19H23FN6O2. The predicted molar refractivity (Wildman–Crippen MR) is 103 cm³/mol. The number of benzene rings is 1. The number of aromatic nitrogens is 2. The summed E-state index contributed by atoms with van der Waals surface area (Å²) in [6.07, 6.45) is 3.16. The van der Waals surface area contributed by atoms with E-state index in [4.69, 9.17) is 5.73 Å². The number of nitrogens with zero attached hydrogens (tertiary/aromatic N) is 4. The lowest BCUT2D eigenvalue weighted by atomic mass is 9.67. The molecule has 28 heavy (non-hydrogen) atoms. The van der Waals surface area contributed by atoms with Crippen LogP contribution in [0.1, 0.15) is 37.0 Å². The Kier molecular flexibility index (Phi) is 4.49. The van der Waals surface area contributed by atoms with Gasteiger partial charge >= 0.3 is 0 Å². The Morgan fingerprint density at radius 1 is 1.25 bits per heavy atom. The van der Waals surface area contributed by atoms with Crippen molar-refractivity contribution >= 4 is 23.5 Å². The van der Waals surface area contributed by atoms with Crippen LogP contribution in [-0.4, -0.2) is 39.3 Å². The van der Waals surface area contributed by atoms with Crippen molar-refractivity contribution in [2.24, 2.45) is 23.2 Å². The maximum Gasteiger partial charge on any atom is 0.291 e. The fraction of sp³-hybridized carbons (Fsp3) is 0.368. The third kappa shape index (κ3) is 2.83. The number of nitrogens with one attached hydrogen (secondary N) is 1. The number of guanidine groups is 1. The molecule has 0 saturated heterocycles. The van der Waals surface area contributed by atoms with Crippen molar-refractivity contribution in [3.8, 4) is 0 Å². The summed E-state index contributed by atoms with van der Waals surface area (Å²) in [7, 11) is 3.23. The van der Waals surface area contributed by atoms with Crippen LogP contribution in [0.5, 0.6) is 0 Å². The number of hydrogen-bond donors (Lipinski definition) is 2. The number of anilines is 1. The van der Waals surface area contributed by atoms with Crippen molar-refractivity contribution in [2.45, 2.75) is 26.3 Å². The number of carbonyl (C=O) groups excluding carboxylic acids is 2. The van der Waals surface area contributed by atoms with Gasteiger partial charge in [-0.15, -0.1) is 0 Å². The van der Waals surface area contributed by atoms with Gasteiger partial charge in [0.25, 0.3) is 5.91 Å². The summed E-state index contributed by atoms with van der Waals surface area (Å²) in [6, 6.07) is 4.16. The highest BCUT2D eigenvalue weighted by Gasteiger charge is 2.53. The quantitative estimate of drug-likeness (QED) is 0.839. The summed E-state index contributed by atoms with van der Waals surface area (Å²) < 4.78 is 16.4. The molecule has 3 N–H and O–H groups in total. The number of imidazole rings is 1. The molecule has 3 rings (SSSR count). The molecule has 0 spiro atoms. The summed E-state index contributed by atoms with van der Waals surface area (Å²) in [5.74, 6) is -1.02. The maximum absolute atomic E-state index is 14.8. The molecule has 1 atom stereocenters. The van der Waals surface area contributed by atoms with Gasteiger partial charge < -0.3 is 15.6 Å². The Labute approximate surface area is 162 Å². The molecule has 1 unspecified atom stereocenters. The van der Waals surface area contributed by atoms with Gasteiger partial charge in [0.1, 0.15) is 11.4 Å². The van der Waals surface area contributed by atoms with Crippen LogP contribution in [0.25, 0.3) is 0 Å². The lowest BCUT2D eigenvalue weighted by molar-refractivity contribution is -0.140. The normalized spacial score (nSPS) is 21.4. The second-order valence-corrected chi connectivity index (χ2v) is 7.54. The third-order valence-electron chi connectivity index (χ3n) is 5.51. The van der Waals surface area contributed by atoms with E-state index in [0.717, 1.165) is 0 Å². The van der Waals surface area contributed by atoms with E-state index in [1.54, 1.807) is 38.6 Å². The smallest absolute Gasteiger partial charge is 0.291 e. The molecule has 1 aliphatic rings. The van der Waals surface area contributed by atoms with Crippen LogP contribution in [0.4, 0.5) is 10.1 Å². The topological polar surface area (TPSA) is 106 Å². The first-order chi connectivity index (χ1) is 13.0. The van der Waals surface area contributed by atoms with E-state index in [1.165, 1.54) is 36.3 Å². The lowest BCUT2D eigenvalue weighted by Gasteiger charge is -2.46. The van der Waals surface area contributed by atoms with Crippen LogP contribution >= 0.6 is 0 Å². The molecule has 1 aliphatic heterocycles. The van der Waals surface area contributed by atoms with Gasteiger partial charge in [0, 0.05) is 37.7 Å². The Balaban J connectivity index is 2.05. The maximum atomic E-state index is 14.8. The Morgan fingerprint density at radius 3 is 2.54 bits per heavy atom. The second-order valence-electron chi connectivity index (χ2n) is 7.54. The predicted octanol–water partition coefficient (Wildman–Crippen LogP) is 1.84. The number of amides is 2. The van der Waals surface area contributed by atoms with Crippen LogP contribution in [-0.2, 0) is 17.4 Å². The lowest BCUT2D eigenvalue weighted by Crippen LogP contribution is -2.58.